The summed E-state index contributed by atoms with van der Waals surface area (Å²) in [6, 6.07) is 6.57. The van der Waals surface area contributed by atoms with E-state index in [9.17, 15) is 4.79 Å². The number of halogens is 1. The van der Waals surface area contributed by atoms with Crippen LogP contribution in [0.4, 0.5) is 0 Å². The zero-order chi connectivity index (χ0) is 12.7. The summed E-state index contributed by atoms with van der Waals surface area (Å²) in [5, 5.41) is 0. The number of amides is 1. The molecule has 0 bridgehead atoms. The summed E-state index contributed by atoms with van der Waals surface area (Å²) in [4.78, 5) is 16.8. The highest BCUT2D eigenvalue weighted by atomic mass is 127. The number of carbonyl (C=O) groups is 1. The van der Waals surface area contributed by atoms with Gasteiger partial charge in [0.2, 0.25) is 0 Å². The van der Waals surface area contributed by atoms with Gasteiger partial charge in [0, 0.05) is 21.7 Å². The molecule has 18 heavy (non-hydrogen) atoms. The van der Waals surface area contributed by atoms with Crippen LogP contribution in [0.3, 0.4) is 0 Å². The third kappa shape index (κ3) is 2.16. The van der Waals surface area contributed by atoms with Gasteiger partial charge in [0.15, 0.2) is 0 Å². The van der Waals surface area contributed by atoms with Gasteiger partial charge in [-0.1, -0.05) is 0 Å². The van der Waals surface area contributed by atoms with Crippen LogP contribution in [0.1, 0.15) is 28.8 Å². The number of hydrogen-bond donors (Lipinski definition) is 0. The molecular weight excluding hydrogens is 339 g/mol. The Kier molecular flexibility index (Phi) is 3.32. The van der Waals surface area contributed by atoms with E-state index in [2.05, 4.69) is 45.5 Å². The summed E-state index contributed by atoms with van der Waals surface area (Å²) in [6.45, 7) is 3.00. The van der Waals surface area contributed by atoms with Gasteiger partial charge in [-0.2, -0.15) is 0 Å². The van der Waals surface area contributed by atoms with E-state index in [1.165, 1.54) is 9.13 Å². The van der Waals surface area contributed by atoms with Crippen LogP contribution in [0.25, 0.3) is 0 Å². The lowest BCUT2D eigenvalue weighted by molar-refractivity contribution is 0.0617. The van der Waals surface area contributed by atoms with E-state index in [0.717, 1.165) is 38.0 Å². The first-order valence-corrected chi connectivity index (χ1v) is 7.51. The third-order valence-corrected chi connectivity index (χ3v) is 4.70. The quantitative estimate of drug-likeness (QED) is 0.722. The van der Waals surface area contributed by atoms with Crippen molar-refractivity contribution in [2.24, 2.45) is 0 Å². The predicted molar refractivity (Wildman–Crippen MR) is 79.6 cm³/mol. The first kappa shape index (κ1) is 12.4. The molecule has 0 unspecified atom stereocenters. The van der Waals surface area contributed by atoms with Gasteiger partial charge in [-0.15, -0.1) is 0 Å². The molecule has 1 amide bonds. The SMILES string of the molecule is CN1CCC(N2Cc3cc(I)ccc3C2=O)CC1. The van der Waals surface area contributed by atoms with E-state index in [-0.39, 0.29) is 5.91 Å². The fraction of sp³-hybridized carbons (Fsp3) is 0.500. The van der Waals surface area contributed by atoms with Crippen LogP contribution in [0, 0.1) is 3.57 Å². The minimum atomic E-state index is 0.232. The summed E-state index contributed by atoms with van der Waals surface area (Å²) < 4.78 is 1.21. The molecule has 3 nitrogen and oxygen atoms in total. The second-order valence-corrected chi connectivity index (χ2v) is 6.51. The van der Waals surface area contributed by atoms with Crippen LogP contribution in [0.5, 0.6) is 0 Å². The fourth-order valence-electron chi connectivity index (χ4n) is 2.91. The second-order valence-electron chi connectivity index (χ2n) is 5.27. The number of piperidine rings is 1. The minimum Gasteiger partial charge on any atom is -0.331 e. The lowest BCUT2D eigenvalue weighted by Gasteiger charge is -2.34. The molecule has 0 aliphatic carbocycles. The molecule has 0 atom stereocenters. The molecule has 1 fully saturated rings. The van der Waals surface area contributed by atoms with Crippen LogP contribution in [-0.4, -0.2) is 41.9 Å². The van der Waals surface area contributed by atoms with E-state index in [1.807, 2.05) is 12.1 Å². The van der Waals surface area contributed by atoms with Gasteiger partial charge in [-0.05, 0) is 79.3 Å². The average Bonchev–Trinajstić information content (AvgIpc) is 2.67. The van der Waals surface area contributed by atoms with Crippen LogP contribution in [0.2, 0.25) is 0 Å². The molecule has 96 valence electrons. The van der Waals surface area contributed by atoms with E-state index >= 15 is 0 Å². The van der Waals surface area contributed by atoms with Gasteiger partial charge in [-0.3, -0.25) is 4.79 Å². The monoisotopic (exact) mass is 356 g/mol. The van der Waals surface area contributed by atoms with Crippen molar-refractivity contribution < 1.29 is 4.79 Å². The largest absolute Gasteiger partial charge is 0.331 e. The summed E-state index contributed by atoms with van der Waals surface area (Å²) in [6.07, 6.45) is 2.21. The lowest BCUT2D eigenvalue weighted by atomic mass is 10.0. The van der Waals surface area contributed by atoms with Crippen molar-refractivity contribution in [2.45, 2.75) is 25.4 Å². The third-order valence-electron chi connectivity index (χ3n) is 4.03. The van der Waals surface area contributed by atoms with Gasteiger partial charge in [0.25, 0.3) is 5.91 Å². The molecule has 2 heterocycles. The Bertz CT molecular complexity index is 481. The Morgan fingerprint density at radius 1 is 1.28 bits per heavy atom. The van der Waals surface area contributed by atoms with Crippen molar-refractivity contribution in [1.82, 2.24) is 9.80 Å². The van der Waals surface area contributed by atoms with E-state index in [4.69, 9.17) is 0 Å². The molecule has 2 aliphatic rings. The molecule has 2 aliphatic heterocycles. The van der Waals surface area contributed by atoms with E-state index in [0.29, 0.717) is 6.04 Å². The van der Waals surface area contributed by atoms with Crippen LogP contribution < -0.4 is 0 Å². The highest BCUT2D eigenvalue weighted by Gasteiger charge is 2.33. The van der Waals surface area contributed by atoms with Crippen LogP contribution >= 0.6 is 22.6 Å². The van der Waals surface area contributed by atoms with E-state index < -0.39 is 0 Å². The van der Waals surface area contributed by atoms with Gasteiger partial charge >= 0.3 is 0 Å². The smallest absolute Gasteiger partial charge is 0.254 e. The van der Waals surface area contributed by atoms with Crippen molar-refractivity contribution >= 4 is 28.5 Å². The number of nitrogens with zero attached hydrogens (tertiary/aromatic N) is 2. The Balaban J connectivity index is 1.80. The highest BCUT2D eigenvalue weighted by molar-refractivity contribution is 14.1. The Morgan fingerprint density at radius 2 is 2.00 bits per heavy atom. The lowest BCUT2D eigenvalue weighted by Crippen LogP contribution is -2.43. The molecule has 0 N–H and O–H groups in total. The zero-order valence-corrected chi connectivity index (χ0v) is 12.7. The van der Waals surface area contributed by atoms with Crippen molar-refractivity contribution in [3.05, 3.63) is 32.9 Å². The van der Waals surface area contributed by atoms with Crippen molar-refractivity contribution in [2.75, 3.05) is 20.1 Å². The predicted octanol–water partition coefficient (Wildman–Crippen LogP) is 2.34. The molecule has 0 aromatic heterocycles. The molecule has 3 rings (SSSR count). The Hall–Kier alpha value is -0.620. The Labute approximate surface area is 121 Å². The van der Waals surface area contributed by atoms with Crippen molar-refractivity contribution in [3.63, 3.8) is 0 Å². The van der Waals surface area contributed by atoms with Gasteiger partial charge in [-0.25, -0.2) is 0 Å². The molecular formula is C14H17IN2O. The molecule has 1 saturated heterocycles. The van der Waals surface area contributed by atoms with Gasteiger partial charge in [0.1, 0.15) is 0 Å². The maximum absolute atomic E-state index is 12.4. The maximum atomic E-state index is 12.4. The first-order chi connectivity index (χ1) is 8.65. The summed E-state index contributed by atoms with van der Waals surface area (Å²) in [7, 11) is 2.15. The topological polar surface area (TPSA) is 23.6 Å². The number of benzene rings is 1. The number of hydrogen-bond acceptors (Lipinski definition) is 2. The summed E-state index contributed by atoms with van der Waals surface area (Å²) >= 11 is 2.31. The zero-order valence-electron chi connectivity index (χ0n) is 10.5. The molecule has 0 radical (unpaired) electrons. The molecule has 1 aromatic rings. The van der Waals surface area contributed by atoms with Gasteiger partial charge < -0.3 is 9.80 Å². The van der Waals surface area contributed by atoms with Crippen LogP contribution in [-0.2, 0) is 6.54 Å². The number of fused-ring (bicyclic) bond motifs is 1. The maximum Gasteiger partial charge on any atom is 0.254 e. The molecule has 1 aromatic carbocycles. The normalized spacial score (nSPS) is 21.4. The second kappa shape index (κ2) is 4.81. The summed E-state index contributed by atoms with van der Waals surface area (Å²) in [5.41, 5.74) is 2.11. The van der Waals surface area contributed by atoms with Crippen molar-refractivity contribution in [3.8, 4) is 0 Å². The van der Waals surface area contributed by atoms with Crippen LogP contribution in [0.15, 0.2) is 18.2 Å². The fourth-order valence-corrected chi connectivity index (χ4v) is 3.47. The van der Waals surface area contributed by atoms with Gasteiger partial charge in [0.05, 0.1) is 0 Å². The number of carbonyl (C=O) groups excluding carboxylic acids is 1. The molecule has 0 saturated carbocycles. The number of likely N-dealkylation sites (tertiary alicyclic amines) is 1. The van der Waals surface area contributed by atoms with E-state index in [1.54, 1.807) is 0 Å². The first-order valence-electron chi connectivity index (χ1n) is 6.43. The Morgan fingerprint density at radius 3 is 2.72 bits per heavy atom. The highest BCUT2D eigenvalue weighted by Crippen LogP contribution is 2.29. The molecule has 0 spiro atoms. The summed E-state index contributed by atoms with van der Waals surface area (Å²) in [5.74, 6) is 0.232. The molecule has 4 heteroatoms. The standard InChI is InChI=1S/C14H17IN2O/c1-16-6-4-12(5-7-16)17-9-10-8-11(15)2-3-13(10)14(17)18/h2-3,8,12H,4-7,9H2,1H3. The number of rotatable bonds is 1. The average molecular weight is 356 g/mol. The minimum absolute atomic E-state index is 0.232. The van der Waals surface area contributed by atoms with Crippen molar-refractivity contribution in [1.29, 1.82) is 0 Å².